The van der Waals surface area contributed by atoms with Crippen molar-refractivity contribution in [1.29, 1.82) is 0 Å². The van der Waals surface area contributed by atoms with Crippen LogP contribution in [0, 0.1) is 0 Å². The van der Waals surface area contributed by atoms with E-state index in [1.54, 1.807) is 56.5 Å². The van der Waals surface area contributed by atoms with E-state index in [1.807, 2.05) is 0 Å². The Hall–Kier alpha value is -3.74. The van der Waals surface area contributed by atoms with Crippen molar-refractivity contribution in [1.82, 2.24) is 0 Å². The molecule has 0 spiro atoms. The van der Waals surface area contributed by atoms with Crippen LogP contribution in [0.15, 0.2) is 59.3 Å². The number of methoxy groups -OCH3 is 3. The molecule has 0 aromatic heterocycles. The minimum absolute atomic E-state index is 0.119. The Morgan fingerprint density at radius 1 is 1.03 bits per heavy atom. The first-order chi connectivity index (χ1) is 13.9. The number of para-hydroxylation sites is 1. The Morgan fingerprint density at radius 2 is 1.72 bits per heavy atom. The summed E-state index contributed by atoms with van der Waals surface area (Å²) in [6.45, 7) is 1.67. The monoisotopic (exact) mass is 395 g/mol. The van der Waals surface area contributed by atoms with Crippen molar-refractivity contribution >= 4 is 23.6 Å². The van der Waals surface area contributed by atoms with E-state index in [0.29, 0.717) is 22.7 Å². The van der Waals surface area contributed by atoms with Crippen LogP contribution in [-0.2, 0) is 14.3 Å². The highest BCUT2D eigenvalue weighted by molar-refractivity contribution is 6.24. The van der Waals surface area contributed by atoms with E-state index >= 15 is 0 Å². The van der Waals surface area contributed by atoms with Crippen LogP contribution in [0.4, 0.5) is 5.69 Å². The van der Waals surface area contributed by atoms with Gasteiger partial charge in [-0.05, 0) is 43.3 Å². The highest BCUT2D eigenvalue weighted by Gasteiger charge is 2.38. The number of allylic oxidation sites excluding steroid dienone is 1. The van der Waals surface area contributed by atoms with Crippen LogP contribution in [0.2, 0.25) is 0 Å². The van der Waals surface area contributed by atoms with Crippen molar-refractivity contribution in [2.24, 2.45) is 0 Å². The molecule has 150 valence electrons. The summed E-state index contributed by atoms with van der Waals surface area (Å²) in [5, 5.41) is 10.4. The van der Waals surface area contributed by atoms with Crippen molar-refractivity contribution in [2.45, 2.75) is 6.92 Å². The molecule has 0 radical (unpaired) electrons. The van der Waals surface area contributed by atoms with Gasteiger partial charge in [0.2, 0.25) is 0 Å². The van der Waals surface area contributed by atoms with Crippen LogP contribution in [0.5, 0.6) is 17.2 Å². The number of phenolic OH excluding ortho intramolecular Hbond substituents is 1. The van der Waals surface area contributed by atoms with E-state index in [2.05, 4.69) is 0 Å². The summed E-state index contributed by atoms with van der Waals surface area (Å²) in [6.07, 6.45) is 1.46. The molecule has 29 heavy (non-hydrogen) atoms. The molecule has 0 bridgehead atoms. The van der Waals surface area contributed by atoms with Crippen LogP contribution in [0.25, 0.3) is 6.08 Å². The number of esters is 1. The maximum absolute atomic E-state index is 13.2. The van der Waals surface area contributed by atoms with E-state index in [9.17, 15) is 14.7 Å². The summed E-state index contributed by atoms with van der Waals surface area (Å²) in [6, 6.07) is 11.8. The number of anilines is 1. The molecule has 2 aromatic carbocycles. The summed E-state index contributed by atoms with van der Waals surface area (Å²) < 4.78 is 15.2. The largest absolute Gasteiger partial charge is 0.504 e. The number of rotatable bonds is 5. The van der Waals surface area contributed by atoms with Crippen LogP contribution in [-0.4, -0.2) is 38.3 Å². The zero-order valence-corrected chi connectivity index (χ0v) is 16.6. The zero-order chi connectivity index (χ0) is 21.1. The first kappa shape index (κ1) is 20.0. The lowest BCUT2D eigenvalue weighted by Crippen LogP contribution is -2.24. The maximum atomic E-state index is 13.2. The van der Waals surface area contributed by atoms with Crippen LogP contribution >= 0.6 is 0 Å². The van der Waals surface area contributed by atoms with Gasteiger partial charge in [0.15, 0.2) is 11.5 Å². The number of carbonyl (C=O) groups excluding carboxylic acids is 2. The molecule has 1 heterocycles. The lowest BCUT2D eigenvalue weighted by Gasteiger charge is -2.18. The van der Waals surface area contributed by atoms with E-state index in [0.717, 1.165) is 0 Å². The Bertz CT molecular complexity index is 1020. The average molecular weight is 395 g/mol. The van der Waals surface area contributed by atoms with Gasteiger partial charge >= 0.3 is 5.97 Å². The molecule has 0 fully saturated rings. The van der Waals surface area contributed by atoms with Crippen LogP contribution in [0.3, 0.4) is 0 Å². The molecule has 1 N–H and O–H groups in total. The number of ether oxygens (including phenoxy) is 3. The molecule has 0 aliphatic carbocycles. The predicted molar refractivity (Wildman–Crippen MR) is 108 cm³/mol. The molecule has 1 amide bonds. The van der Waals surface area contributed by atoms with E-state index in [1.165, 1.54) is 25.2 Å². The van der Waals surface area contributed by atoms with E-state index in [4.69, 9.17) is 14.2 Å². The lowest BCUT2D eigenvalue weighted by molar-refractivity contribution is -0.136. The number of nitrogens with zero attached hydrogens (tertiary/aromatic N) is 1. The topological polar surface area (TPSA) is 85.3 Å². The number of hydrogen-bond donors (Lipinski definition) is 1. The van der Waals surface area contributed by atoms with Crippen molar-refractivity contribution in [3.05, 3.63) is 64.9 Å². The highest BCUT2D eigenvalue weighted by Crippen LogP contribution is 2.38. The fraction of sp³-hybridized carbons (Fsp3) is 0.182. The Balaban J connectivity index is 2.14. The SMILES string of the molecule is COC(=O)C1=C(C)N(c2ccc(OC)cc2)C(=O)/C1=C\c1cccc(OC)c1O. The second-order valence-electron chi connectivity index (χ2n) is 6.25. The minimum Gasteiger partial charge on any atom is -0.504 e. The van der Waals surface area contributed by atoms with Crippen molar-refractivity contribution < 1.29 is 28.9 Å². The molecule has 7 nitrogen and oxygen atoms in total. The van der Waals surface area contributed by atoms with Crippen molar-refractivity contribution in [3.8, 4) is 17.2 Å². The quantitative estimate of drug-likeness (QED) is 0.618. The maximum Gasteiger partial charge on any atom is 0.340 e. The van der Waals surface area contributed by atoms with Gasteiger partial charge in [0.25, 0.3) is 5.91 Å². The normalized spacial score (nSPS) is 15.1. The lowest BCUT2D eigenvalue weighted by atomic mass is 10.0. The fourth-order valence-corrected chi connectivity index (χ4v) is 3.20. The second-order valence-corrected chi connectivity index (χ2v) is 6.25. The van der Waals surface area contributed by atoms with Gasteiger partial charge in [-0.25, -0.2) is 4.79 Å². The first-order valence-electron chi connectivity index (χ1n) is 8.78. The zero-order valence-electron chi connectivity index (χ0n) is 16.6. The first-order valence-corrected chi connectivity index (χ1v) is 8.78. The molecule has 1 aliphatic heterocycles. The van der Waals surface area contributed by atoms with Gasteiger partial charge < -0.3 is 19.3 Å². The fourth-order valence-electron chi connectivity index (χ4n) is 3.20. The molecule has 2 aromatic rings. The third-order valence-corrected chi connectivity index (χ3v) is 4.67. The molecule has 0 saturated heterocycles. The van der Waals surface area contributed by atoms with Gasteiger partial charge in [-0.1, -0.05) is 12.1 Å². The van der Waals surface area contributed by atoms with Gasteiger partial charge in [-0.2, -0.15) is 0 Å². The number of carbonyl (C=O) groups is 2. The third kappa shape index (κ3) is 3.54. The summed E-state index contributed by atoms with van der Waals surface area (Å²) in [7, 11) is 4.24. The smallest absolute Gasteiger partial charge is 0.340 e. The molecule has 0 saturated carbocycles. The molecule has 0 atom stereocenters. The number of hydrogen-bond acceptors (Lipinski definition) is 6. The van der Waals surface area contributed by atoms with E-state index < -0.39 is 11.9 Å². The van der Waals surface area contributed by atoms with Gasteiger partial charge in [-0.3, -0.25) is 9.69 Å². The number of phenols is 1. The summed E-state index contributed by atoms with van der Waals surface area (Å²) in [4.78, 5) is 27.1. The number of aromatic hydroxyl groups is 1. The van der Waals surface area contributed by atoms with Crippen molar-refractivity contribution in [3.63, 3.8) is 0 Å². The van der Waals surface area contributed by atoms with Crippen molar-refractivity contribution in [2.75, 3.05) is 26.2 Å². The summed E-state index contributed by atoms with van der Waals surface area (Å²) in [5.74, 6) is -0.264. The number of benzene rings is 2. The number of amides is 1. The average Bonchev–Trinajstić information content (AvgIpc) is 2.98. The molecule has 0 unspecified atom stereocenters. The van der Waals surface area contributed by atoms with Gasteiger partial charge in [0.1, 0.15) is 5.75 Å². The molecular formula is C22H21NO6. The third-order valence-electron chi connectivity index (χ3n) is 4.67. The summed E-state index contributed by atoms with van der Waals surface area (Å²) >= 11 is 0. The van der Waals surface area contributed by atoms with E-state index in [-0.39, 0.29) is 22.6 Å². The molecular weight excluding hydrogens is 374 g/mol. The molecule has 7 heteroatoms. The Kier molecular flexibility index (Phi) is 5.59. The van der Waals surface area contributed by atoms with Crippen LogP contribution < -0.4 is 14.4 Å². The molecule has 3 rings (SSSR count). The van der Waals surface area contributed by atoms with Gasteiger partial charge in [-0.15, -0.1) is 0 Å². The predicted octanol–water partition coefficient (Wildman–Crippen LogP) is 3.29. The van der Waals surface area contributed by atoms with Crippen LogP contribution in [0.1, 0.15) is 12.5 Å². The molecule has 1 aliphatic rings. The highest BCUT2D eigenvalue weighted by atomic mass is 16.5. The standard InChI is InChI=1S/C22H21NO6/c1-13-19(22(26)29-4)17(12-14-6-5-7-18(28-3)20(14)24)21(25)23(13)15-8-10-16(27-2)11-9-15/h5-12,24H,1-4H3/b17-12-. The van der Waals surface area contributed by atoms with Gasteiger partial charge in [0.05, 0.1) is 32.5 Å². The minimum atomic E-state index is -0.638. The Labute approximate surface area is 168 Å². The Morgan fingerprint density at radius 3 is 2.31 bits per heavy atom. The summed E-state index contributed by atoms with van der Waals surface area (Å²) in [5.41, 5.74) is 1.61. The second kappa shape index (κ2) is 8.10. The van der Waals surface area contributed by atoms with Gasteiger partial charge in [0, 0.05) is 16.9 Å².